The molecule has 5 heteroatoms. The lowest BCUT2D eigenvalue weighted by molar-refractivity contribution is -0.144. The second-order valence-electron chi connectivity index (χ2n) is 9.70. The van der Waals surface area contributed by atoms with Crippen LogP contribution in [0.1, 0.15) is 30.0 Å². The number of rotatable bonds is 5. The van der Waals surface area contributed by atoms with Gasteiger partial charge in [-0.1, -0.05) is 72.8 Å². The van der Waals surface area contributed by atoms with Crippen LogP contribution in [0.15, 0.2) is 78.9 Å². The van der Waals surface area contributed by atoms with Gasteiger partial charge in [-0.3, -0.25) is 19.3 Å². The van der Waals surface area contributed by atoms with Crippen LogP contribution in [0.3, 0.4) is 0 Å². The highest BCUT2D eigenvalue weighted by Crippen LogP contribution is 2.54. The number of nitrogens with one attached hydrogen (secondary N) is 1. The van der Waals surface area contributed by atoms with Gasteiger partial charge < -0.3 is 5.32 Å². The number of hydrogen-bond acceptors (Lipinski definition) is 3. The molecule has 3 aliphatic rings. The molecule has 1 N–H and O–H groups in total. The van der Waals surface area contributed by atoms with E-state index in [9.17, 15) is 14.4 Å². The lowest BCUT2D eigenvalue weighted by Gasteiger charge is -2.29. The number of fused-ring (bicyclic) bond motifs is 6. The first kappa shape index (κ1) is 20.8. The number of carbonyl (C=O) groups is 3. The average Bonchev–Trinajstić information content (AvgIpc) is 3.52. The third-order valence-corrected chi connectivity index (χ3v) is 7.81. The lowest BCUT2D eigenvalue weighted by Crippen LogP contribution is -2.38. The van der Waals surface area contributed by atoms with E-state index in [2.05, 4.69) is 17.5 Å². The number of hydrogen-bond donors (Lipinski definition) is 1. The van der Waals surface area contributed by atoms with Gasteiger partial charge in [0, 0.05) is 11.1 Å². The van der Waals surface area contributed by atoms with Gasteiger partial charge in [-0.05, 0) is 47.8 Å². The second-order valence-corrected chi connectivity index (χ2v) is 9.70. The highest BCUT2D eigenvalue weighted by atomic mass is 16.2. The van der Waals surface area contributed by atoms with Crippen LogP contribution in [0.2, 0.25) is 0 Å². The molecular weight excluding hydrogens is 424 g/mol. The third-order valence-electron chi connectivity index (χ3n) is 7.81. The molecule has 34 heavy (non-hydrogen) atoms. The molecule has 3 amide bonds. The van der Waals surface area contributed by atoms with Crippen molar-refractivity contribution in [3.05, 3.63) is 90.0 Å². The lowest BCUT2D eigenvalue weighted by atomic mass is 9.85. The predicted molar refractivity (Wildman–Crippen MR) is 131 cm³/mol. The van der Waals surface area contributed by atoms with Crippen molar-refractivity contribution in [1.29, 1.82) is 0 Å². The highest BCUT2D eigenvalue weighted by Gasteiger charge is 2.60. The number of likely N-dealkylation sites (tertiary alicyclic amines) is 1. The fourth-order valence-corrected chi connectivity index (χ4v) is 6.24. The van der Waals surface area contributed by atoms with Crippen LogP contribution < -0.4 is 5.32 Å². The molecule has 2 fully saturated rings. The topological polar surface area (TPSA) is 66.5 Å². The SMILES string of the molecule is Cc1ccccc1C(CC(=O)Nc1cccc2ccccc12)N1C(=O)C2C3C=CC(C3)C2C1=O. The summed E-state index contributed by atoms with van der Waals surface area (Å²) >= 11 is 0. The molecule has 6 rings (SSSR count). The van der Waals surface area contributed by atoms with Crippen molar-refractivity contribution in [2.24, 2.45) is 23.7 Å². The summed E-state index contributed by atoms with van der Waals surface area (Å²) in [5, 5.41) is 5.03. The number of carbonyl (C=O) groups excluding carboxylic acids is 3. The first-order valence-electron chi connectivity index (χ1n) is 11.9. The molecule has 0 radical (unpaired) electrons. The minimum Gasteiger partial charge on any atom is -0.325 e. The van der Waals surface area contributed by atoms with E-state index in [1.165, 1.54) is 4.90 Å². The van der Waals surface area contributed by atoms with Crippen molar-refractivity contribution < 1.29 is 14.4 Å². The summed E-state index contributed by atoms with van der Waals surface area (Å²) in [4.78, 5) is 41.9. The Morgan fingerprint density at radius 2 is 1.56 bits per heavy atom. The Labute approximate surface area is 198 Å². The first-order valence-corrected chi connectivity index (χ1v) is 11.9. The van der Waals surface area contributed by atoms with Crippen molar-refractivity contribution in [3.8, 4) is 0 Å². The fourth-order valence-electron chi connectivity index (χ4n) is 6.24. The molecular formula is C29H26N2O3. The van der Waals surface area contributed by atoms with Crippen LogP contribution in [0.4, 0.5) is 5.69 Å². The second kappa shape index (κ2) is 7.94. The minimum atomic E-state index is -0.624. The summed E-state index contributed by atoms with van der Waals surface area (Å²) in [7, 11) is 0. The molecule has 0 spiro atoms. The van der Waals surface area contributed by atoms with Gasteiger partial charge in [-0.25, -0.2) is 0 Å². The van der Waals surface area contributed by atoms with Gasteiger partial charge in [-0.15, -0.1) is 0 Å². The molecule has 1 heterocycles. The largest absolute Gasteiger partial charge is 0.325 e. The number of amides is 3. The maximum atomic E-state index is 13.6. The molecule has 170 valence electrons. The third kappa shape index (κ3) is 3.18. The Hall–Kier alpha value is -3.73. The molecule has 2 aliphatic carbocycles. The molecule has 1 saturated carbocycles. The van der Waals surface area contributed by atoms with Gasteiger partial charge in [-0.2, -0.15) is 0 Å². The molecule has 5 unspecified atom stereocenters. The minimum absolute atomic E-state index is 0.0216. The Morgan fingerprint density at radius 3 is 2.29 bits per heavy atom. The number of anilines is 1. The van der Waals surface area contributed by atoms with Crippen LogP contribution in [0.25, 0.3) is 10.8 Å². The summed E-state index contributed by atoms with van der Waals surface area (Å²) in [6.07, 6.45) is 5.10. The number of imide groups is 1. The van der Waals surface area contributed by atoms with Crippen LogP contribution >= 0.6 is 0 Å². The van der Waals surface area contributed by atoms with Crippen molar-refractivity contribution in [1.82, 2.24) is 4.90 Å². The van der Waals surface area contributed by atoms with E-state index >= 15 is 0 Å². The van der Waals surface area contributed by atoms with Crippen molar-refractivity contribution in [3.63, 3.8) is 0 Å². The normalized spacial score (nSPS) is 25.7. The zero-order valence-corrected chi connectivity index (χ0v) is 19.0. The molecule has 0 aromatic heterocycles. The van der Waals surface area contributed by atoms with Crippen LogP contribution in [0, 0.1) is 30.6 Å². The Bertz CT molecular complexity index is 1320. The zero-order valence-electron chi connectivity index (χ0n) is 19.0. The van der Waals surface area contributed by atoms with Gasteiger partial charge in [0.25, 0.3) is 0 Å². The summed E-state index contributed by atoms with van der Waals surface area (Å²) in [6, 6.07) is 20.8. The van der Waals surface area contributed by atoms with E-state index < -0.39 is 6.04 Å². The Morgan fingerprint density at radius 1 is 0.912 bits per heavy atom. The maximum Gasteiger partial charge on any atom is 0.234 e. The number of benzene rings is 3. The van der Waals surface area contributed by atoms with E-state index in [0.29, 0.717) is 0 Å². The monoisotopic (exact) mass is 450 g/mol. The van der Waals surface area contributed by atoms with Gasteiger partial charge in [0.2, 0.25) is 17.7 Å². The molecule has 5 atom stereocenters. The van der Waals surface area contributed by atoms with Crippen LogP contribution in [0.5, 0.6) is 0 Å². The van der Waals surface area contributed by atoms with Crippen molar-refractivity contribution in [2.75, 3.05) is 5.32 Å². The van der Waals surface area contributed by atoms with E-state index in [4.69, 9.17) is 0 Å². The van der Waals surface area contributed by atoms with Gasteiger partial charge in [0.1, 0.15) is 0 Å². The first-order chi connectivity index (χ1) is 16.5. The van der Waals surface area contributed by atoms with Crippen LogP contribution in [-0.2, 0) is 14.4 Å². The van der Waals surface area contributed by atoms with E-state index in [-0.39, 0.29) is 47.8 Å². The molecule has 1 aliphatic heterocycles. The highest BCUT2D eigenvalue weighted by molar-refractivity contribution is 6.08. The summed E-state index contributed by atoms with van der Waals surface area (Å²) in [5.74, 6) is -0.762. The predicted octanol–water partition coefficient (Wildman–Crippen LogP) is 5.03. The van der Waals surface area contributed by atoms with Crippen LogP contribution in [-0.4, -0.2) is 22.6 Å². The van der Waals surface area contributed by atoms with Gasteiger partial charge in [0.05, 0.1) is 24.3 Å². The van der Waals surface area contributed by atoms with E-state index in [0.717, 1.165) is 34.0 Å². The molecule has 3 aromatic rings. The van der Waals surface area contributed by atoms with Gasteiger partial charge in [0.15, 0.2) is 0 Å². The summed E-state index contributed by atoms with van der Waals surface area (Å²) in [5.41, 5.74) is 2.53. The van der Waals surface area contributed by atoms with E-state index in [1.54, 1.807) is 0 Å². The zero-order chi connectivity index (χ0) is 23.4. The smallest absolute Gasteiger partial charge is 0.234 e. The average molecular weight is 451 g/mol. The quantitative estimate of drug-likeness (QED) is 0.438. The molecule has 2 bridgehead atoms. The Balaban J connectivity index is 1.33. The molecule has 1 saturated heterocycles. The van der Waals surface area contributed by atoms with Crippen molar-refractivity contribution in [2.45, 2.75) is 25.8 Å². The number of allylic oxidation sites excluding steroid dienone is 2. The van der Waals surface area contributed by atoms with Gasteiger partial charge >= 0.3 is 0 Å². The fraction of sp³-hybridized carbons (Fsp3) is 0.276. The maximum absolute atomic E-state index is 13.6. The van der Waals surface area contributed by atoms with E-state index in [1.807, 2.05) is 73.7 Å². The molecule has 5 nitrogen and oxygen atoms in total. The van der Waals surface area contributed by atoms with Crippen molar-refractivity contribution >= 4 is 34.2 Å². The standard InChI is InChI=1S/C29H26N2O3/c1-17-7-2-4-10-21(17)24(31-28(33)26-19-13-14-20(15-19)27(26)29(31)34)16-25(32)30-23-12-6-9-18-8-3-5-11-22(18)23/h2-14,19-20,24,26-27H,15-16H2,1H3,(H,30,32). The summed E-state index contributed by atoms with van der Waals surface area (Å²) in [6.45, 7) is 1.96. The number of nitrogens with zero attached hydrogens (tertiary/aromatic N) is 1. The molecule has 3 aromatic carbocycles. The summed E-state index contributed by atoms with van der Waals surface area (Å²) < 4.78 is 0. The number of aryl methyl sites for hydroxylation is 1. The Kier molecular flexibility index (Phi) is 4.87.